The van der Waals surface area contributed by atoms with E-state index >= 15 is 0 Å². The van der Waals surface area contributed by atoms with Gasteiger partial charge >= 0.3 is 12.1 Å². The van der Waals surface area contributed by atoms with Gasteiger partial charge in [-0.2, -0.15) is 0 Å². The van der Waals surface area contributed by atoms with Gasteiger partial charge in [0.05, 0.1) is 22.4 Å². The van der Waals surface area contributed by atoms with Crippen molar-refractivity contribution in [2.75, 3.05) is 13.1 Å². The lowest BCUT2D eigenvalue weighted by Gasteiger charge is -2.25. The van der Waals surface area contributed by atoms with Crippen LogP contribution in [0, 0.1) is 12.8 Å². The Morgan fingerprint density at radius 2 is 1.60 bits per heavy atom. The molecule has 4 rings (SSSR count). The summed E-state index contributed by atoms with van der Waals surface area (Å²) in [5, 5.41) is 0.989. The topological polar surface area (TPSA) is 124 Å². The summed E-state index contributed by atoms with van der Waals surface area (Å²) in [6.45, 7) is 12.5. The number of pyridine rings is 1. The van der Waals surface area contributed by atoms with Crippen molar-refractivity contribution in [3.05, 3.63) is 65.9 Å². The van der Waals surface area contributed by atoms with Crippen LogP contribution < -0.4 is 9.46 Å². The Kier molecular flexibility index (Phi) is 8.84. The fraction of sp³-hybridized carbons (Fsp3) is 0.452. The SMILES string of the molecule is Cc1cc(COc2ccc(S(=O)(=O)N[C@@H]3CN(C(=O)OC(C)(C)C)C[C@@H]3C(=O)OC(C)(C)C)cc2)c2ccccc2n1. The van der Waals surface area contributed by atoms with E-state index in [0.29, 0.717) is 5.75 Å². The van der Waals surface area contributed by atoms with E-state index in [-0.39, 0.29) is 24.6 Å². The number of para-hydroxylation sites is 1. The van der Waals surface area contributed by atoms with Crippen LogP contribution in [0.2, 0.25) is 0 Å². The van der Waals surface area contributed by atoms with Crippen LogP contribution in [-0.4, -0.2) is 60.7 Å². The average molecular weight is 598 g/mol. The monoisotopic (exact) mass is 597 g/mol. The van der Waals surface area contributed by atoms with Crippen LogP contribution in [0.15, 0.2) is 59.5 Å². The van der Waals surface area contributed by atoms with Crippen LogP contribution in [0.1, 0.15) is 52.8 Å². The largest absolute Gasteiger partial charge is 0.489 e. The van der Waals surface area contributed by atoms with Gasteiger partial charge in [0.15, 0.2) is 0 Å². The molecule has 0 unspecified atom stereocenters. The first-order valence-corrected chi connectivity index (χ1v) is 15.3. The number of sulfonamides is 1. The van der Waals surface area contributed by atoms with Gasteiger partial charge in [0.2, 0.25) is 10.0 Å². The average Bonchev–Trinajstić information content (AvgIpc) is 3.29. The van der Waals surface area contributed by atoms with E-state index in [1.165, 1.54) is 17.0 Å². The first-order valence-electron chi connectivity index (χ1n) is 13.8. The molecule has 42 heavy (non-hydrogen) atoms. The number of nitrogens with zero attached hydrogens (tertiary/aromatic N) is 2. The number of aromatic nitrogens is 1. The molecule has 0 bridgehead atoms. The first kappa shape index (κ1) is 31.2. The number of fused-ring (bicyclic) bond motifs is 1. The molecule has 2 aromatic carbocycles. The third-order valence-corrected chi connectivity index (χ3v) is 7.95. The summed E-state index contributed by atoms with van der Waals surface area (Å²) < 4.78 is 46.3. The first-order chi connectivity index (χ1) is 19.5. The third-order valence-electron chi connectivity index (χ3n) is 6.45. The van der Waals surface area contributed by atoms with E-state index in [1.807, 2.05) is 37.3 Å². The Morgan fingerprint density at radius 1 is 0.952 bits per heavy atom. The minimum Gasteiger partial charge on any atom is -0.489 e. The van der Waals surface area contributed by atoms with Gasteiger partial charge in [0.1, 0.15) is 23.6 Å². The molecule has 11 heteroatoms. The number of carbonyl (C=O) groups is 2. The Morgan fingerprint density at radius 3 is 2.24 bits per heavy atom. The highest BCUT2D eigenvalue weighted by atomic mass is 32.2. The lowest BCUT2D eigenvalue weighted by molar-refractivity contribution is -0.159. The second kappa shape index (κ2) is 11.9. The van der Waals surface area contributed by atoms with Crippen molar-refractivity contribution in [3.8, 4) is 5.75 Å². The number of aryl methyl sites for hydroxylation is 1. The van der Waals surface area contributed by atoms with Crippen molar-refractivity contribution >= 4 is 33.0 Å². The maximum Gasteiger partial charge on any atom is 0.410 e. The summed E-state index contributed by atoms with van der Waals surface area (Å²) in [4.78, 5) is 31.6. The van der Waals surface area contributed by atoms with Crippen molar-refractivity contribution in [2.45, 2.75) is 77.2 Å². The fourth-order valence-corrected chi connectivity index (χ4v) is 5.94. The van der Waals surface area contributed by atoms with E-state index in [9.17, 15) is 18.0 Å². The minimum absolute atomic E-state index is 0.00119. The number of amides is 1. The number of nitrogens with one attached hydrogen (secondary N) is 1. The zero-order valence-corrected chi connectivity index (χ0v) is 25.9. The van der Waals surface area contributed by atoms with Crippen LogP contribution >= 0.6 is 0 Å². The Labute approximate surface area is 247 Å². The third kappa shape index (κ3) is 7.98. The molecule has 1 N–H and O–H groups in total. The van der Waals surface area contributed by atoms with E-state index in [4.69, 9.17) is 14.2 Å². The summed E-state index contributed by atoms with van der Waals surface area (Å²) in [7, 11) is -4.06. The van der Waals surface area contributed by atoms with Gasteiger partial charge in [-0.3, -0.25) is 9.78 Å². The summed E-state index contributed by atoms with van der Waals surface area (Å²) in [5.41, 5.74) is 1.20. The van der Waals surface area contributed by atoms with Crippen molar-refractivity contribution < 1.29 is 32.2 Å². The van der Waals surface area contributed by atoms with Gasteiger partial charge in [-0.25, -0.2) is 17.9 Å². The van der Waals surface area contributed by atoms with E-state index in [2.05, 4.69) is 9.71 Å². The van der Waals surface area contributed by atoms with Crippen LogP contribution in [0.4, 0.5) is 4.79 Å². The molecule has 1 fully saturated rings. The molecule has 3 aromatic rings. The maximum atomic E-state index is 13.4. The van der Waals surface area contributed by atoms with E-state index < -0.39 is 45.2 Å². The Bertz CT molecular complexity index is 1560. The van der Waals surface area contributed by atoms with E-state index in [0.717, 1.165) is 22.2 Å². The molecule has 1 amide bonds. The molecule has 0 spiro atoms. The predicted octanol–water partition coefficient (Wildman–Crippen LogP) is 4.98. The number of carbonyl (C=O) groups excluding carboxylic acids is 2. The fourth-order valence-electron chi connectivity index (χ4n) is 4.67. The summed E-state index contributed by atoms with van der Waals surface area (Å²) >= 11 is 0. The van der Waals surface area contributed by atoms with Crippen LogP contribution in [0.25, 0.3) is 10.9 Å². The smallest absolute Gasteiger partial charge is 0.410 e. The van der Waals surface area contributed by atoms with Crippen LogP contribution in [0.5, 0.6) is 5.75 Å². The van der Waals surface area contributed by atoms with Crippen molar-refractivity contribution in [1.82, 2.24) is 14.6 Å². The number of esters is 1. The highest BCUT2D eigenvalue weighted by Gasteiger charge is 2.44. The molecule has 1 aliphatic heterocycles. The molecule has 0 radical (unpaired) electrons. The predicted molar refractivity (Wildman–Crippen MR) is 159 cm³/mol. The molecule has 226 valence electrons. The van der Waals surface area contributed by atoms with Gasteiger partial charge in [0, 0.05) is 29.7 Å². The highest BCUT2D eigenvalue weighted by Crippen LogP contribution is 2.26. The molecule has 2 heterocycles. The quantitative estimate of drug-likeness (QED) is 0.379. The molecule has 2 atom stereocenters. The van der Waals surface area contributed by atoms with Gasteiger partial charge in [0.25, 0.3) is 0 Å². The van der Waals surface area contributed by atoms with Gasteiger partial charge in [-0.05, 0) is 84.9 Å². The molecular formula is C31H39N3O7S. The maximum absolute atomic E-state index is 13.4. The number of hydrogen-bond donors (Lipinski definition) is 1. The summed E-state index contributed by atoms with van der Waals surface area (Å²) in [6.07, 6.45) is -0.628. The van der Waals surface area contributed by atoms with Gasteiger partial charge in [-0.1, -0.05) is 18.2 Å². The Hall–Kier alpha value is -3.70. The number of hydrogen-bond acceptors (Lipinski definition) is 8. The van der Waals surface area contributed by atoms with Gasteiger partial charge in [-0.15, -0.1) is 0 Å². The molecule has 0 saturated carbocycles. The second-order valence-corrected chi connectivity index (χ2v) is 14.2. The highest BCUT2D eigenvalue weighted by molar-refractivity contribution is 7.89. The summed E-state index contributed by atoms with van der Waals surface area (Å²) in [6, 6.07) is 14.9. The standard InChI is InChI=1S/C31H39N3O7S/c1-20-16-21(24-10-8-9-11-26(24)32-20)19-39-22-12-14-23(15-13-22)42(37,38)33-27-18-34(29(36)41-31(5,6)7)17-25(27)28(35)40-30(2,3)4/h8-16,25,27,33H,17-19H2,1-7H3/t25-,27+/m0/s1. The molecule has 10 nitrogen and oxygen atoms in total. The summed E-state index contributed by atoms with van der Waals surface area (Å²) in [5.74, 6) is -1.01. The Balaban J connectivity index is 1.48. The van der Waals surface area contributed by atoms with E-state index in [1.54, 1.807) is 53.7 Å². The van der Waals surface area contributed by atoms with Gasteiger partial charge < -0.3 is 19.1 Å². The number of ether oxygens (including phenoxy) is 3. The molecule has 1 saturated heterocycles. The number of rotatable bonds is 7. The van der Waals surface area contributed by atoms with Crippen LogP contribution in [0.3, 0.4) is 0 Å². The normalized spacial score (nSPS) is 17.7. The lowest BCUT2D eigenvalue weighted by atomic mass is 10.0. The van der Waals surface area contributed by atoms with Crippen molar-refractivity contribution in [2.24, 2.45) is 5.92 Å². The molecule has 1 aromatic heterocycles. The van der Waals surface area contributed by atoms with Crippen molar-refractivity contribution in [1.29, 1.82) is 0 Å². The lowest BCUT2D eigenvalue weighted by Crippen LogP contribution is -2.44. The number of benzene rings is 2. The molecular weight excluding hydrogens is 558 g/mol. The molecule has 0 aliphatic carbocycles. The minimum atomic E-state index is -4.06. The zero-order chi connectivity index (χ0) is 30.9. The zero-order valence-electron chi connectivity index (χ0n) is 25.1. The van der Waals surface area contributed by atoms with Crippen molar-refractivity contribution in [3.63, 3.8) is 0 Å². The number of likely N-dealkylation sites (tertiary alicyclic amines) is 1. The molecule has 1 aliphatic rings. The second-order valence-electron chi connectivity index (χ2n) is 12.5. The van der Waals surface area contributed by atoms with Crippen LogP contribution in [-0.2, 0) is 30.9 Å².